The van der Waals surface area contributed by atoms with Gasteiger partial charge in [0.1, 0.15) is 0 Å². The van der Waals surface area contributed by atoms with Gasteiger partial charge in [-0.15, -0.1) is 0 Å². The number of hydrogen-bond donors (Lipinski definition) is 8. The van der Waals surface area contributed by atoms with Crippen LogP contribution in [0.5, 0.6) is 0 Å². The zero-order valence-electron chi connectivity index (χ0n) is 85.7. The van der Waals surface area contributed by atoms with Crippen LogP contribution in [-0.4, -0.2) is 97.1 Å². The number of carbonyl (C=O) groups excluding carboxylic acids is 8. The van der Waals surface area contributed by atoms with Crippen molar-refractivity contribution in [3.63, 3.8) is 0 Å². The molecule has 16 rings (SSSR count). The quantitative estimate of drug-likeness (QED) is 0.0105. The predicted molar refractivity (Wildman–Crippen MR) is 610 cm³/mol. The van der Waals surface area contributed by atoms with Crippen LogP contribution in [0.25, 0.3) is 86.2 Å². The van der Waals surface area contributed by atoms with E-state index < -0.39 is 0 Å². The Morgan fingerprint density at radius 2 is 0.483 bits per heavy atom. The Labute approximate surface area is 855 Å². The van der Waals surface area contributed by atoms with Gasteiger partial charge in [-0.05, 0) is 208 Å². The van der Waals surface area contributed by atoms with Crippen molar-refractivity contribution in [2.45, 2.75) is 126 Å². The van der Waals surface area contributed by atoms with Crippen LogP contribution in [0.15, 0.2) is 438 Å². The topological polar surface area (TPSA) is 233 Å². The number of unbranched alkanes of at least 4 members (excludes halogenated alkanes) is 1. The molecule has 0 radical (unpaired) electrons. The average Bonchev–Trinajstić information content (AvgIpc) is 0.859. The fourth-order valence-electron chi connectivity index (χ4n) is 14.3. The van der Waals surface area contributed by atoms with Crippen LogP contribution in [-0.2, 0) is 0 Å². The second-order valence-corrected chi connectivity index (χ2v) is 36.2. The van der Waals surface area contributed by atoms with Gasteiger partial charge in [0, 0.05) is 194 Å². The second kappa shape index (κ2) is 61.1. The molecular formula is C129H138N8O8. The molecule has 0 aliphatic rings. The van der Waals surface area contributed by atoms with Crippen LogP contribution in [0, 0.1) is 5.92 Å². The monoisotopic (exact) mass is 1930 g/mol. The van der Waals surface area contributed by atoms with Gasteiger partial charge in [0.2, 0.25) is 0 Å². The Morgan fingerprint density at radius 3 is 0.710 bits per heavy atom. The minimum absolute atomic E-state index is 0.0140. The molecule has 1 atom stereocenters. The Balaban J connectivity index is 0.000000185. The molecule has 16 aromatic carbocycles. The Kier molecular flexibility index (Phi) is 47.1. The van der Waals surface area contributed by atoms with Crippen LogP contribution in [0.3, 0.4) is 0 Å². The molecule has 0 bridgehead atoms. The lowest BCUT2D eigenvalue weighted by atomic mass is 10.0. The van der Waals surface area contributed by atoms with Crippen molar-refractivity contribution >= 4 is 132 Å². The summed E-state index contributed by atoms with van der Waals surface area (Å²) in [6, 6.07) is 111. The summed E-state index contributed by atoms with van der Waals surface area (Å²) in [6.45, 7) is 28.4. The predicted octanol–water partition coefficient (Wildman–Crippen LogP) is 28.5. The van der Waals surface area contributed by atoms with Crippen molar-refractivity contribution in [2.24, 2.45) is 5.92 Å². The number of carbonyl (C=O) groups is 8. The number of fused-ring (bicyclic) bond motifs is 8. The highest BCUT2D eigenvalue weighted by Gasteiger charge is 2.13. The molecule has 16 aromatic rings. The van der Waals surface area contributed by atoms with Crippen molar-refractivity contribution in [1.29, 1.82) is 0 Å². The third-order valence-electron chi connectivity index (χ3n) is 22.5. The second-order valence-electron chi connectivity index (χ2n) is 36.2. The van der Waals surface area contributed by atoms with Gasteiger partial charge >= 0.3 is 0 Å². The van der Waals surface area contributed by atoms with Crippen molar-refractivity contribution in [2.75, 3.05) is 33.2 Å². The summed E-state index contributed by atoms with van der Waals surface area (Å²) in [5, 5.41) is 42.5. The van der Waals surface area contributed by atoms with Crippen molar-refractivity contribution in [3.05, 3.63) is 482 Å². The molecular weight excluding hydrogens is 1790 g/mol. The van der Waals surface area contributed by atoms with E-state index in [2.05, 4.69) is 105 Å². The van der Waals surface area contributed by atoms with Gasteiger partial charge in [0.25, 0.3) is 0 Å². The lowest BCUT2D eigenvalue weighted by Gasteiger charge is -2.18. The van der Waals surface area contributed by atoms with E-state index in [1.807, 2.05) is 360 Å². The molecule has 0 aromatic heterocycles. The van der Waals surface area contributed by atoms with Gasteiger partial charge in [-0.2, -0.15) is 0 Å². The third kappa shape index (κ3) is 39.4. The molecule has 16 nitrogen and oxygen atoms in total. The van der Waals surface area contributed by atoms with Crippen LogP contribution < -0.4 is 42.5 Å². The SMILES string of the molecule is CC(C)(C)N/C=C\C(=O)c1ccc2ccccc2c1.CC(C)CN/C=C\C(=O)c1ccc2ccccc2c1.CC(C)N/C=C\C(=O)c1ccc2ccccc2c1.CCC(C)N/C=C\C(=O)c1ccc2ccccc2c1.CCCCN/C=C\C(=O)c1ccc2ccccc2c1.CCCN/C=C\C(=O)c1ccc2ccccc2c1.CCN/C=C\C(=O)c1ccc2ccccc2c1.CN/C=C\C(=O)c1ccc2ccccc2c1. The molecule has 1 unspecified atom stereocenters. The first-order chi connectivity index (χ1) is 70.2. The first kappa shape index (κ1) is 112. The zero-order chi connectivity index (χ0) is 104. The van der Waals surface area contributed by atoms with E-state index in [-0.39, 0.29) is 51.8 Å². The molecule has 0 saturated carbocycles. The van der Waals surface area contributed by atoms with Crippen LogP contribution in [0.2, 0.25) is 0 Å². The standard InChI is InChI=1S/4C17H19NO.2C16H17NO.C15H15NO.C14H13NO/c1-17(2,3)18-11-10-16(19)15-9-8-13-6-4-5-7-14(13)12-15;1-13(2)12-18-10-9-17(19)16-8-7-14-5-3-4-6-15(14)11-16;1-3-13(2)18-11-10-17(19)16-9-8-14-6-4-5-7-15(14)12-16;1-2-3-11-18-12-10-17(19)16-9-8-14-6-4-5-7-15(14)13-16;1-12(2)17-10-9-16(18)15-8-7-13-5-3-4-6-14(13)11-15;1-2-10-17-11-9-16(18)15-8-7-13-5-3-4-6-14(13)12-15;1-2-16-10-9-15(17)14-8-7-12-5-3-4-6-13(12)11-14;1-15-9-8-14(16)13-7-6-11-4-2-3-5-12(11)10-13/h4-12,18H,1-3H3;3-11,13,18H,12H2,1-2H3;4-13,18H,3H2,1-2H3;4-10,12-13,18H,2-3,11H2,1H3;3-12,17H,1-2H3;3-9,11-12,17H,2,10H2,1H3;3-11,16H,2H2,1H3;2-10,15H,1H3/b11-10-;10-9-;11-10-;12-10-;10-9-;11-9-;10-9-;9-8-. The first-order valence-electron chi connectivity index (χ1n) is 49.7. The van der Waals surface area contributed by atoms with Gasteiger partial charge < -0.3 is 42.5 Å². The molecule has 145 heavy (non-hydrogen) atoms. The van der Waals surface area contributed by atoms with E-state index in [1.165, 1.54) is 6.08 Å². The van der Waals surface area contributed by atoms with E-state index >= 15 is 0 Å². The van der Waals surface area contributed by atoms with Crippen molar-refractivity contribution in [1.82, 2.24) is 42.5 Å². The van der Waals surface area contributed by atoms with Gasteiger partial charge in [-0.3, -0.25) is 38.4 Å². The van der Waals surface area contributed by atoms with Gasteiger partial charge in [-0.1, -0.05) is 332 Å². The van der Waals surface area contributed by atoms with E-state index in [4.69, 9.17) is 0 Å². The minimum atomic E-state index is -0.0276. The van der Waals surface area contributed by atoms with Crippen LogP contribution in [0.4, 0.5) is 0 Å². The number of rotatable bonds is 35. The molecule has 0 aliphatic heterocycles. The summed E-state index contributed by atoms with van der Waals surface area (Å²) in [4.78, 5) is 95.5. The molecule has 0 fully saturated rings. The number of allylic oxidation sites excluding steroid dienone is 8. The summed E-state index contributed by atoms with van der Waals surface area (Å²) in [6.07, 6.45) is 30.7. The lowest BCUT2D eigenvalue weighted by molar-refractivity contribution is 0.103. The summed E-state index contributed by atoms with van der Waals surface area (Å²) in [5.41, 5.74) is 5.74. The van der Waals surface area contributed by atoms with E-state index in [1.54, 1.807) is 99.2 Å². The molecule has 0 heterocycles. The molecule has 0 spiro atoms. The van der Waals surface area contributed by atoms with Crippen LogP contribution >= 0.6 is 0 Å². The molecule has 0 saturated heterocycles. The summed E-state index contributed by atoms with van der Waals surface area (Å²) >= 11 is 0. The Hall–Kier alpha value is -16.7. The highest BCUT2D eigenvalue weighted by molar-refractivity contribution is 6.12. The molecule has 0 amide bonds. The van der Waals surface area contributed by atoms with Crippen LogP contribution in [0.1, 0.15) is 192 Å². The molecule has 8 N–H and O–H groups in total. The molecule has 16 heteroatoms. The van der Waals surface area contributed by atoms with E-state index in [9.17, 15) is 38.4 Å². The lowest BCUT2D eigenvalue weighted by Crippen LogP contribution is -2.31. The molecule has 0 aliphatic carbocycles. The maximum atomic E-state index is 12.0. The summed E-state index contributed by atoms with van der Waals surface area (Å²) in [7, 11) is 1.77. The number of nitrogens with one attached hydrogen (secondary N) is 8. The number of benzene rings is 16. The fraction of sp³-hybridized carbons (Fsp3) is 0.194. The Morgan fingerprint density at radius 1 is 0.255 bits per heavy atom. The zero-order valence-corrected chi connectivity index (χ0v) is 85.7. The van der Waals surface area contributed by atoms with Gasteiger partial charge in [0.05, 0.1) is 0 Å². The van der Waals surface area contributed by atoms with E-state index in [0.29, 0.717) is 29.1 Å². The van der Waals surface area contributed by atoms with E-state index in [0.717, 1.165) is 171 Å². The molecule has 742 valence electrons. The van der Waals surface area contributed by atoms with Crippen molar-refractivity contribution < 1.29 is 38.4 Å². The minimum Gasteiger partial charge on any atom is -0.394 e. The normalized spacial score (nSPS) is 11.4. The maximum Gasteiger partial charge on any atom is 0.187 e. The average molecular weight is 1930 g/mol. The fourth-order valence-corrected chi connectivity index (χ4v) is 14.3. The van der Waals surface area contributed by atoms with Gasteiger partial charge in [0.15, 0.2) is 46.3 Å². The first-order valence-corrected chi connectivity index (χ1v) is 49.7. The maximum absolute atomic E-state index is 12.0. The van der Waals surface area contributed by atoms with Crippen molar-refractivity contribution in [3.8, 4) is 0 Å². The summed E-state index contributed by atoms with van der Waals surface area (Å²) in [5.74, 6) is 0.774. The third-order valence-corrected chi connectivity index (χ3v) is 22.5. The largest absolute Gasteiger partial charge is 0.394 e. The smallest absolute Gasteiger partial charge is 0.187 e. The highest BCUT2D eigenvalue weighted by atomic mass is 16.2. The number of ketones is 8. The number of hydrogen-bond acceptors (Lipinski definition) is 16. The summed E-state index contributed by atoms with van der Waals surface area (Å²) < 4.78 is 0. The highest BCUT2D eigenvalue weighted by Crippen LogP contribution is 2.25. The Bertz CT molecular complexity index is 7230. The van der Waals surface area contributed by atoms with Gasteiger partial charge in [-0.25, -0.2) is 0 Å².